The molecule has 0 aliphatic heterocycles. The van der Waals surface area contributed by atoms with E-state index in [1.165, 1.54) is 12.1 Å². The molecule has 0 unspecified atom stereocenters. The lowest BCUT2D eigenvalue weighted by Gasteiger charge is -2.08. The first-order valence-corrected chi connectivity index (χ1v) is 5.30. The third kappa shape index (κ3) is 2.47. The van der Waals surface area contributed by atoms with Gasteiger partial charge in [-0.3, -0.25) is 0 Å². The van der Waals surface area contributed by atoms with E-state index in [-0.39, 0.29) is 5.54 Å². The lowest BCUT2D eigenvalue weighted by molar-refractivity contribution is 0.570. The quantitative estimate of drug-likeness (QED) is 0.795. The van der Waals surface area contributed by atoms with E-state index in [1.54, 1.807) is 0 Å². The molecule has 0 bridgehead atoms. The van der Waals surface area contributed by atoms with Crippen molar-refractivity contribution in [1.82, 2.24) is 0 Å². The number of benzene rings is 1. The normalized spacial score (nSPS) is 17.9. The summed E-state index contributed by atoms with van der Waals surface area (Å²) < 4.78 is 26.1. The number of hydrogen-bond donors (Lipinski definition) is 1. The minimum Gasteiger partial charge on any atom is -0.325 e. The minimum atomic E-state index is -0.700. The summed E-state index contributed by atoms with van der Waals surface area (Å²) in [6.07, 6.45) is 3.38. The fourth-order valence-electron chi connectivity index (χ4n) is 1.56. The summed E-state index contributed by atoms with van der Waals surface area (Å²) in [7, 11) is 0. The van der Waals surface area contributed by atoms with E-state index in [4.69, 9.17) is 17.3 Å². The second kappa shape index (κ2) is 3.72. The maximum Gasteiger partial charge on any atom is 0.145 e. The molecule has 82 valence electrons. The number of halogens is 3. The molecule has 1 saturated carbocycles. The van der Waals surface area contributed by atoms with Crippen molar-refractivity contribution in [2.45, 2.75) is 31.2 Å². The van der Waals surface area contributed by atoms with Crippen LogP contribution in [0.15, 0.2) is 12.1 Å². The molecule has 2 rings (SSSR count). The highest BCUT2D eigenvalue weighted by Gasteiger charge is 2.37. The van der Waals surface area contributed by atoms with Gasteiger partial charge < -0.3 is 5.73 Å². The standard InChI is InChI=1S/C11H12ClF2N/c12-10-8(13)5-7(6-9(10)14)1-2-11(15)3-4-11/h5-6H,1-4,15H2. The Kier molecular flexibility index (Phi) is 2.69. The summed E-state index contributed by atoms with van der Waals surface area (Å²) in [4.78, 5) is 0. The zero-order valence-electron chi connectivity index (χ0n) is 8.19. The maximum absolute atomic E-state index is 13.1. The van der Waals surface area contributed by atoms with Crippen LogP contribution >= 0.6 is 11.6 Å². The predicted molar refractivity (Wildman–Crippen MR) is 55.8 cm³/mol. The molecule has 1 aliphatic carbocycles. The van der Waals surface area contributed by atoms with Gasteiger partial charge in [-0.2, -0.15) is 0 Å². The van der Waals surface area contributed by atoms with E-state index in [9.17, 15) is 8.78 Å². The molecule has 4 heteroatoms. The maximum atomic E-state index is 13.1. The SMILES string of the molecule is NC1(CCc2cc(F)c(Cl)c(F)c2)CC1. The molecule has 0 amide bonds. The third-order valence-corrected chi connectivity index (χ3v) is 3.21. The van der Waals surface area contributed by atoms with Crippen LogP contribution in [0.5, 0.6) is 0 Å². The summed E-state index contributed by atoms with van der Waals surface area (Å²) in [5.41, 5.74) is 6.41. The highest BCUT2D eigenvalue weighted by molar-refractivity contribution is 6.30. The fraction of sp³-hybridized carbons (Fsp3) is 0.455. The molecule has 1 aromatic rings. The van der Waals surface area contributed by atoms with E-state index >= 15 is 0 Å². The van der Waals surface area contributed by atoms with Crippen molar-refractivity contribution in [3.05, 3.63) is 34.4 Å². The van der Waals surface area contributed by atoms with E-state index in [0.717, 1.165) is 19.3 Å². The Morgan fingerprint density at radius 3 is 2.27 bits per heavy atom. The van der Waals surface area contributed by atoms with Crippen LogP contribution in [0.25, 0.3) is 0 Å². The molecule has 0 heterocycles. The lowest BCUT2D eigenvalue weighted by Crippen LogP contribution is -2.22. The lowest BCUT2D eigenvalue weighted by atomic mass is 10.0. The van der Waals surface area contributed by atoms with Gasteiger partial charge in [0.15, 0.2) is 0 Å². The first-order chi connectivity index (χ1) is 7.00. The smallest absolute Gasteiger partial charge is 0.145 e. The molecule has 0 saturated heterocycles. The number of nitrogens with two attached hydrogens (primary N) is 1. The number of rotatable bonds is 3. The Balaban J connectivity index is 2.08. The van der Waals surface area contributed by atoms with Crippen molar-refractivity contribution < 1.29 is 8.78 Å². The predicted octanol–water partition coefficient (Wildman–Crippen LogP) is 3.04. The van der Waals surface area contributed by atoms with E-state index in [2.05, 4.69) is 0 Å². The van der Waals surface area contributed by atoms with Gasteiger partial charge in [0.05, 0.1) is 0 Å². The van der Waals surface area contributed by atoms with Crippen LogP contribution in [0.1, 0.15) is 24.8 Å². The van der Waals surface area contributed by atoms with Crippen LogP contribution in [0.3, 0.4) is 0 Å². The molecular weight excluding hydrogens is 220 g/mol. The van der Waals surface area contributed by atoms with Crippen LogP contribution in [-0.2, 0) is 6.42 Å². The fourth-order valence-corrected chi connectivity index (χ4v) is 1.67. The summed E-state index contributed by atoms with van der Waals surface area (Å²) in [6, 6.07) is 2.55. The van der Waals surface area contributed by atoms with Gasteiger partial charge >= 0.3 is 0 Å². The van der Waals surface area contributed by atoms with Crippen molar-refractivity contribution in [3.8, 4) is 0 Å². The molecular formula is C11H12ClF2N. The average molecular weight is 232 g/mol. The number of hydrogen-bond acceptors (Lipinski definition) is 1. The molecule has 2 N–H and O–H groups in total. The Morgan fingerprint density at radius 1 is 1.27 bits per heavy atom. The summed E-state index contributed by atoms with van der Waals surface area (Å²) in [5, 5.41) is -0.437. The van der Waals surface area contributed by atoms with Gasteiger partial charge in [0, 0.05) is 5.54 Å². The zero-order valence-corrected chi connectivity index (χ0v) is 8.95. The van der Waals surface area contributed by atoms with Crippen molar-refractivity contribution in [1.29, 1.82) is 0 Å². The molecule has 0 atom stereocenters. The largest absolute Gasteiger partial charge is 0.325 e. The number of aryl methyl sites for hydroxylation is 1. The van der Waals surface area contributed by atoms with Gasteiger partial charge in [-0.25, -0.2) is 8.78 Å². The van der Waals surface area contributed by atoms with Crippen molar-refractivity contribution in [2.24, 2.45) is 5.73 Å². The van der Waals surface area contributed by atoms with E-state index in [0.29, 0.717) is 12.0 Å². The van der Waals surface area contributed by atoms with E-state index in [1.807, 2.05) is 0 Å². The van der Waals surface area contributed by atoms with Gasteiger partial charge in [-0.15, -0.1) is 0 Å². The highest BCUT2D eigenvalue weighted by atomic mass is 35.5. The summed E-state index contributed by atoms with van der Waals surface area (Å²) in [5.74, 6) is -1.40. The minimum absolute atomic E-state index is 0.0907. The van der Waals surface area contributed by atoms with Crippen LogP contribution in [0.2, 0.25) is 5.02 Å². The zero-order chi connectivity index (χ0) is 11.1. The molecule has 15 heavy (non-hydrogen) atoms. The van der Waals surface area contributed by atoms with Crippen LogP contribution < -0.4 is 5.73 Å². The molecule has 1 nitrogen and oxygen atoms in total. The Bertz CT molecular complexity index is 365. The molecule has 1 fully saturated rings. The molecule has 0 radical (unpaired) electrons. The Hall–Kier alpha value is -0.670. The monoisotopic (exact) mass is 231 g/mol. The van der Waals surface area contributed by atoms with E-state index < -0.39 is 16.7 Å². The molecule has 0 spiro atoms. The average Bonchev–Trinajstić information content (AvgIpc) is 2.90. The Morgan fingerprint density at radius 2 is 1.80 bits per heavy atom. The van der Waals surface area contributed by atoms with Gasteiger partial charge in [0.1, 0.15) is 16.7 Å². The molecule has 1 aromatic carbocycles. The van der Waals surface area contributed by atoms with Crippen LogP contribution in [0, 0.1) is 11.6 Å². The van der Waals surface area contributed by atoms with Crippen LogP contribution in [0.4, 0.5) is 8.78 Å². The van der Waals surface area contributed by atoms with Gasteiger partial charge in [0.25, 0.3) is 0 Å². The topological polar surface area (TPSA) is 26.0 Å². The van der Waals surface area contributed by atoms with Crippen molar-refractivity contribution in [3.63, 3.8) is 0 Å². The third-order valence-electron chi connectivity index (χ3n) is 2.85. The Labute approximate surface area is 92.2 Å². The van der Waals surface area contributed by atoms with Gasteiger partial charge in [-0.05, 0) is 43.4 Å². The van der Waals surface area contributed by atoms with Crippen LogP contribution in [-0.4, -0.2) is 5.54 Å². The van der Waals surface area contributed by atoms with Crippen molar-refractivity contribution in [2.75, 3.05) is 0 Å². The summed E-state index contributed by atoms with van der Waals surface area (Å²) >= 11 is 5.38. The van der Waals surface area contributed by atoms with Gasteiger partial charge in [0.2, 0.25) is 0 Å². The summed E-state index contributed by atoms with van der Waals surface area (Å²) in [6.45, 7) is 0. The molecule has 0 aromatic heterocycles. The first kappa shape index (κ1) is 10.8. The first-order valence-electron chi connectivity index (χ1n) is 4.92. The van der Waals surface area contributed by atoms with Gasteiger partial charge in [-0.1, -0.05) is 11.6 Å². The second-order valence-electron chi connectivity index (χ2n) is 4.24. The molecule has 1 aliphatic rings. The highest BCUT2D eigenvalue weighted by Crippen LogP contribution is 2.36. The second-order valence-corrected chi connectivity index (χ2v) is 4.61. The van der Waals surface area contributed by atoms with Crippen molar-refractivity contribution >= 4 is 11.6 Å².